The maximum atomic E-state index is 15.1. The van der Waals surface area contributed by atoms with Crippen LogP contribution in [-0.2, 0) is 28.5 Å². The molecular weight excluding hydrogens is 540 g/mol. The zero-order valence-corrected chi connectivity index (χ0v) is 20.1. The third kappa shape index (κ3) is 5.14. The van der Waals surface area contributed by atoms with E-state index in [1.54, 1.807) is 11.6 Å². The molecule has 0 aliphatic heterocycles. The van der Waals surface area contributed by atoms with Gasteiger partial charge in [-0.15, -0.1) is 0 Å². The summed E-state index contributed by atoms with van der Waals surface area (Å²) in [6.45, 7) is 1.63. The van der Waals surface area contributed by atoms with Crippen LogP contribution in [0.1, 0.15) is 18.1 Å². The Balaban J connectivity index is 1.72. The fraction of sp³-hybridized carbons (Fsp3) is 0.174. The number of hydrogen-bond donors (Lipinski definition) is 2. The van der Waals surface area contributed by atoms with Gasteiger partial charge in [0, 0.05) is 23.7 Å². The molecule has 0 spiro atoms. The highest BCUT2D eigenvalue weighted by atomic mass is 32.2. The first-order valence-corrected chi connectivity index (χ1v) is 12.4. The Hall–Kier alpha value is -4.14. The summed E-state index contributed by atoms with van der Waals surface area (Å²) < 4.78 is 111. The van der Waals surface area contributed by atoms with Crippen LogP contribution in [0.2, 0.25) is 0 Å². The van der Waals surface area contributed by atoms with Crippen LogP contribution in [-0.4, -0.2) is 23.0 Å². The van der Waals surface area contributed by atoms with E-state index in [0.717, 1.165) is 22.8 Å². The number of pyridine rings is 1. The van der Waals surface area contributed by atoms with Crippen molar-refractivity contribution in [2.24, 2.45) is 0 Å². The number of nitrogens with two attached hydrogens (primary N) is 1. The number of sulfonamides is 1. The highest BCUT2D eigenvalue weighted by Gasteiger charge is 2.30. The summed E-state index contributed by atoms with van der Waals surface area (Å²) in [7, 11) is -4.60. The molecule has 2 aromatic carbocycles. The fourth-order valence-electron chi connectivity index (χ4n) is 3.74. The van der Waals surface area contributed by atoms with Gasteiger partial charge < -0.3 is 5.73 Å². The minimum absolute atomic E-state index is 0.0496. The average molecular weight is 557 g/mol. The first kappa shape index (κ1) is 26.9. The third-order valence-corrected chi connectivity index (χ3v) is 6.73. The minimum Gasteiger partial charge on any atom is -0.368 e. The van der Waals surface area contributed by atoms with E-state index < -0.39 is 67.3 Å². The highest BCUT2D eigenvalue weighted by molar-refractivity contribution is 7.91. The molecule has 15 heteroatoms. The van der Waals surface area contributed by atoms with Gasteiger partial charge in [-0.1, -0.05) is 12.1 Å². The number of nitrogen functional groups attached to an aromatic ring is 1. The van der Waals surface area contributed by atoms with Crippen molar-refractivity contribution >= 4 is 32.7 Å². The molecule has 0 amide bonds. The molecule has 0 atom stereocenters. The van der Waals surface area contributed by atoms with E-state index >= 15 is 4.39 Å². The van der Waals surface area contributed by atoms with Crippen molar-refractivity contribution < 1.29 is 34.8 Å². The number of hydrogen-bond acceptors (Lipinski definition) is 6. The molecule has 0 radical (unpaired) electrons. The molecule has 3 N–H and O–H groups in total. The maximum absolute atomic E-state index is 15.1. The van der Waals surface area contributed by atoms with E-state index in [4.69, 9.17) is 5.73 Å². The number of rotatable bonds is 6. The van der Waals surface area contributed by atoms with Crippen molar-refractivity contribution in [2.45, 2.75) is 25.4 Å². The van der Waals surface area contributed by atoms with Crippen LogP contribution in [0.15, 0.2) is 47.4 Å². The van der Waals surface area contributed by atoms with Crippen LogP contribution in [0.3, 0.4) is 0 Å². The predicted octanol–water partition coefficient (Wildman–Crippen LogP) is 4.44. The molecule has 38 heavy (non-hydrogen) atoms. The molecule has 0 unspecified atom stereocenters. The van der Waals surface area contributed by atoms with Crippen LogP contribution >= 0.6 is 0 Å². The lowest BCUT2D eigenvalue weighted by atomic mass is 10.0. The highest BCUT2D eigenvalue weighted by Crippen LogP contribution is 2.32. The van der Waals surface area contributed by atoms with Crippen molar-refractivity contribution in [1.29, 1.82) is 0 Å². The van der Waals surface area contributed by atoms with Gasteiger partial charge in [-0.2, -0.15) is 18.2 Å². The van der Waals surface area contributed by atoms with E-state index in [2.05, 4.69) is 9.97 Å². The summed E-state index contributed by atoms with van der Waals surface area (Å²) in [5, 5.41) is 0.220. The average Bonchev–Trinajstić information content (AvgIpc) is 2.83. The van der Waals surface area contributed by atoms with E-state index in [1.807, 2.05) is 0 Å². The van der Waals surface area contributed by atoms with Crippen molar-refractivity contribution in [3.05, 3.63) is 81.5 Å². The monoisotopic (exact) mass is 557 g/mol. The molecule has 4 rings (SSSR count). The number of nitrogens with zero attached hydrogens (tertiary/aromatic N) is 3. The molecule has 8 nitrogen and oxygen atoms in total. The lowest BCUT2D eigenvalue weighted by molar-refractivity contribution is -0.137. The largest absolute Gasteiger partial charge is 0.416 e. The van der Waals surface area contributed by atoms with E-state index in [-0.39, 0.29) is 29.1 Å². The van der Waals surface area contributed by atoms with Crippen LogP contribution in [0.25, 0.3) is 22.2 Å². The standard InChI is InChI=1S/C23H17F6N5O3S/c1-2-34-20-12(9-31-22(30)32-20)7-15(21(34)35)14-8-16(24)19(18(26)17(14)25)33-38(36,37)10-11-3-5-13(6-4-11)23(27,28)29/h3-9,33H,2,10H2,1H3,(H2,30,31,32). The quantitative estimate of drug-likeness (QED) is 0.267. The lowest BCUT2D eigenvalue weighted by Crippen LogP contribution is -2.23. The first-order valence-electron chi connectivity index (χ1n) is 10.7. The topological polar surface area (TPSA) is 120 Å². The molecule has 4 aromatic rings. The number of halogens is 6. The van der Waals surface area contributed by atoms with E-state index in [0.29, 0.717) is 18.2 Å². The van der Waals surface area contributed by atoms with Crippen molar-refractivity contribution in [2.75, 3.05) is 10.5 Å². The number of benzene rings is 2. The molecule has 0 fully saturated rings. The fourth-order valence-corrected chi connectivity index (χ4v) is 4.95. The predicted molar refractivity (Wildman–Crippen MR) is 127 cm³/mol. The summed E-state index contributed by atoms with van der Waals surface area (Å²) in [6, 6.07) is 4.63. The van der Waals surface area contributed by atoms with Gasteiger partial charge in [-0.25, -0.2) is 26.6 Å². The molecule has 0 aliphatic carbocycles. The van der Waals surface area contributed by atoms with Gasteiger partial charge in [-0.05, 0) is 36.8 Å². The van der Waals surface area contributed by atoms with Crippen LogP contribution in [0.5, 0.6) is 0 Å². The van der Waals surface area contributed by atoms with Gasteiger partial charge in [0.15, 0.2) is 17.5 Å². The summed E-state index contributed by atoms with van der Waals surface area (Å²) in [5.74, 6) is -6.27. The maximum Gasteiger partial charge on any atom is 0.416 e. The number of alkyl halides is 3. The summed E-state index contributed by atoms with van der Waals surface area (Å²) >= 11 is 0. The second-order valence-electron chi connectivity index (χ2n) is 8.08. The molecule has 200 valence electrons. The zero-order chi connectivity index (χ0) is 28.0. The number of anilines is 2. The molecule has 2 heterocycles. The van der Waals surface area contributed by atoms with E-state index in [9.17, 15) is 35.2 Å². The van der Waals surface area contributed by atoms with Gasteiger partial charge in [-0.3, -0.25) is 14.1 Å². The van der Waals surface area contributed by atoms with Gasteiger partial charge in [0.25, 0.3) is 5.56 Å². The van der Waals surface area contributed by atoms with Gasteiger partial charge in [0.2, 0.25) is 16.0 Å². The Labute approximate surface area is 210 Å². The Morgan fingerprint density at radius 3 is 2.29 bits per heavy atom. The Morgan fingerprint density at radius 2 is 1.68 bits per heavy atom. The number of fused-ring (bicyclic) bond motifs is 1. The second kappa shape index (κ2) is 9.63. The summed E-state index contributed by atoms with van der Waals surface area (Å²) in [5.41, 5.74) is 1.10. The van der Waals surface area contributed by atoms with Crippen molar-refractivity contribution in [3.63, 3.8) is 0 Å². The Kier molecular flexibility index (Phi) is 6.82. The zero-order valence-electron chi connectivity index (χ0n) is 19.3. The van der Waals surface area contributed by atoms with Gasteiger partial charge >= 0.3 is 6.18 Å². The smallest absolute Gasteiger partial charge is 0.368 e. The molecule has 2 aromatic heterocycles. The second-order valence-corrected chi connectivity index (χ2v) is 9.80. The lowest BCUT2D eigenvalue weighted by Gasteiger charge is -2.15. The molecular formula is C23H17F6N5O3S. The van der Waals surface area contributed by atoms with Crippen molar-refractivity contribution in [1.82, 2.24) is 14.5 Å². The first-order chi connectivity index (χ1) is 17.7. The van der Waals surface area contributed by atoms with Crippen LogP contribution < -0.4 is 16.0 Å². The van der Waals surface area contributed by atoms with Gasteiger partial charge in [0.05, 0.1) is 16.9 Å². The number of aryl methyl sites for hydroxylation is 1. The summed E-state index contributed by atoms with van der Waals surface area (Å²) in [4.78, 5) is 20.7. The molecule has 0 aliphatic rings. The molecule has 0 bridgehead atoms. The minimum atomic E-state index is -4.65. The Bertz CT molecular complexity index is 1720. The summed E-state index contributed by atoms with van der Waals surface area (Å²) in [6.07, 6.45) is -3.41. The van der Waals surface area contributed by atoms with Crippen molar-refractivity contribution in [3.8, 4) is 11.1 Å². The number of aromatic nitrogens is 3. The SMILES string of the molecule is CCn1c(=O)c(-c2cc(F)c(NS(=O)(=O)Cc3ccc(C(F)(F)F)cc3)c(F)c2F)cc2cnc(N)nc21. The third-order valence-electron chi connectivity index (χ3n) is 5.51. The van der Waals surface area contributed by atoms with E-state index in [1.165, 1.54) is 6.20 Å². The van der Waals surface area contributed by atoms with Crippen LogP contribution in [0, 0.1) is 17.5 Å². The Morgan fingerprint density at radius 1 is 1.03 bits per heavy atom. The van der Waals surface area contributed by atoms with Gasteiger partial charge in [0.1, 0.15) is 11.3 Å². The molecule has 0 saturated heterocycles. The molecule has 0 saturated carbocycles. The van der Waals surface area contributed by atoms with Crippen LogP contribution in [0.4, 0.5) is 38.0 Å². The number of nitrogens with one attached hydrogen (secondary N) is 1. The normalized spacial score (nSPS) is 12.2.